The van der Waals surface area contributed by atoms with Crippen LogP contribution in [0, 0.1) is 12.7 Å². The number of rotatable bonds is 10. The van der Waals surface area contributed by atoms with Crippen molar-refractivity contribution < 1.29 is 27.1 Å². The lowest BCUT2D eigenvalue weighted by Crippen LogP contribution is -2.25. The minimum Gasteiger partial charge on any atom is -0.464 e. The number of benzene rings is 2. The van der Waals surface area contributed by atoms with E-state index in [2.05, 4.69) is 32.1 Å². The van der Waals surface area contributed by atoms with Crippen molar-refractivity contribution in [3.05, 3.63) is 89.8 Å². The number of nitrogens with zero attached hydrogens (tertiary/aromatic N) is 6. The minimum atomic E-state index is -4.59. The van der Waals surface area contributed by atoms with Gasteiger partial charge in [-0.25, -0.2) is 24.1 Å². The maximum Gasteiger partial charge on any atom is 0.417 e. The summed E-state index contributed by atoms with van der Waals surface area (Å²) in [7, 11) is 0. The Morgan fingerprint density at radius 1 is 0.930 bits per heavy atom. The van der Waals surface area contributed by atoms with Gasteiger partial charge in [-0.15, -0.1) is 0 Å². The molecule has 43 heavy (non-hydrogen) atoms. The van der Waals surface area contributed by atoms with Crippen molar-refractivity contribution in [2.24, 2.45) is 0 Å². The van der Waals surface area contributed by atoms with Gasteiger partial charge in [0.25, 0.3) is 0 Å². The molecule has 5 rings (SSSR count). The summed E-state index contributed by atoms with van der Waals surface area (Å²) < 4.78 is 62.6. The van der Waals surface area contributed by atoms with E-state index in [-0.39, 0.29) is 40.8 Å². The number of esters is 1. The molecular formula is C31H28F4N6O2. The van der Waals surface area contributed by atoms with E-state index >= 15 is 0 Å². The summed E-state index contributed by atoms with van der Waals surface area (Å²) in [6.45, 7) is 3.83. The van der Waals surface area contributed by atoms with Crippen LogP contribution >= 0.6 is 0 Å². The molecule has 0 fully saturated rings. The SMILES string of the molecule is CCCCCCOC(=O)C(c1ccc(-c2ccc(C)cc2C(F)(F)F)nn1)n1cnc2nc(-c3ccccc3F)nc-2c1. The number of carbonyl (C=O) groups excluding carboxylic acids is 1. The average Bonchev–Trinajstić information content (AvgIpc) is 3.41. The fourth-order valence-corrected chi connectivity index (χ4v) is 4.65. The van der Waals surface area contributed by atoms with E-state index in [0.717, 1.165) is 25.3 Å². The molecule has 0 saturated carbocycles. The van der Waals surface area contributed by atoms with Crippen molar-refractivity contribution >= 4 is 5.97 Å². The van der Waals surface area contributed by atoms with E-state index in [1.54, 1.807) is 31.2 Å². The zero-order chi connectivity index (χ0) is 30.6. The first-order valence-corrected chi connectivity index (χ1v) is 13.8. The fraction of sp³-hybridized carbons (Fsp3) is 0.290. The molecule has 2 aliphatic heterocycles. The van der Waals surface area contributed by atoms with Gasteiger partial charge in [-0.1, -0.05) is 56.0 Å². The lowest BCUT2D eigenvalue weighted by Gasteiger charge is -2.19. The molecule has 1 unspecified atom stereocenters. The molecule has 0 saturated heterocycles. The molecule has 1 aromatic heterocycles. The Morgan fingerprint density at radius 3 is 2.47 bits per heavy atom. The van der Waals surface area contributed by atoms with E-state index in [9.17, 15) is 22.4 Å². The standard InChI is InChI=1S/C31H28F4N6O2/c1-3-4-5-8-15-43-30(42)27(25-14-13-24(39-40-25)20-12-11-19(2)16-22(20)31(33,34)35)41-17-26-29(36-18-41)38-28(37-26)21-9-6-7-10-23(21)32/h6-7,9-14,16-18,27H,3-5,8,15H2,1-2H3. The van der Waals surface area contributed by atoms with Gasteiger partial charge in [0.15, 0.2) is 17.7 Å². The summed E-state index contributed by atoms with van der Waals surface area (Å²) in [5.41, 5.74) is 0.111. The van der Waals surface area contributed by atoms with Gasteiger partial charge in [-0.3, -0.25) is 0 Å². The summed E-state index contributed by atoms with van der Waals surface area (Å²) in [4.78, 5) is 26.4. The predicted molar refractivity (Wildman–Crippen MR) is 150 cm³/mol. The molecule has 0 bridgehead atoms. The van der Waals surface area contributed by atoms with Crippen LogP contribution in [0.3, 0.4) is 0 Å². The van der Waals surface area contributed by atoms with Gasteiger partial charge in [0, 0.05) is 11.8 Å². The Bertz CT molecular complexity index is 1690. The summed E-state index contributed by atoms with van der Waals surface area (Å²) in [6.07, 6.45) is 1.86. The maximum absolute atomic E-state index is 14.4. The molecule has 1 atom stereocenters. The molecule has 2 aliphatic rings. The van der Waals surface area contributed by atoms with Crippen molar-refractivity contribution in [1.29, 1.82) is 0 Å². The largest absolute Gasteiger partial charge is 0.464 e. The summed E-state index contributed by atoms with van der Waals surface area (Å²) in [6, 6.07) is 11.7. The van der Waals surface area contributed by atoms with Crippen LogP contribution in [0.4, 0.5) is 17.6 Å². The average molecular weight is 593 g/mol. The second-order valence-corrected chi connectivity index (χ2v) is 10.1. The van der Waals surface area contributed by atoms with E-state index in [4.69, 9.17) is 4.74 Å². The molecule has 2 aromatic carbocycles. The normalized spacial score (nSPS) is 12.4. The van der Waals surface area contributed by atoms with Crippen molar-refractivity contribution in [2.45, 2.75) is 51.7 Å². The third kappa shape index (κ3) is 6.68. The number of unbranched alkanes of at least 4 members (excludes halogenated alkanes) is 3. The highest BCUT2D eigenvalue weighted by Crippen LogP contribution is 2.37. The Morgan fingerprint density at radius 2 is 1.74 bits per heavy atom. The van der Waals surface area contributed by atoms with E-state index in [1.807, 2.05) is 0 Å². The first kappa shape index (κ1) is 29.7. The Hall–Kier alpha value is -4.74. The van der Waals surface area contributed by atoms with Crippen LogP contribution in [0.2, 0.25) is 0 Å². The number of fused-ring (bicyclic) bond motifs is 1. The Balaban J connectivity index is 1.50. The topological polar surface area (TPSA) is 95.7 Å². The molecule has 222 valence electrons. The molecule has 3 heterocycles. The highest BCUT2D eigenvalue weighted by Gasteiger charge is 2.34. The molecular weight excluding hydrogens is 564 g/mol. The highest BCUT2D eigenvalue weighted by molar-refractivity contribution is 5.78. The van der Waals surface area contributed by atoms with Gasteiger partial charge in [-0.05, 0) is 43.7 Å². The fourth-order valence-electron chi connectivity index (χ4n) is 4.65. The van der Waals surface area contributed by atoms with Crippen LogP contribution in [-0.2, 0) is 15.7 Å². The third-order valence-corrected chi connectivity index (χ3v) is 6.85. The predicted octanol–water partition coefficient (Wildman–Crippen LogP) is 7.08. The third-order valence-electron chi connectivity index (χ3n) is 6.85. The molecule has 8 nitrogen and oxygen atoms in total. The number of ether oxygens (including phenoxy) is 1. The number of imidazole rings is 1. The number of alkyl halides is 3. The quantitative estimate of drug-likeness (QED) is 0.0971. The number of halogens is 4. The van der Waals surface area contributed by atoms with Crippen LogP contribution in [0.1, 0.15) is 55.5 Å². The molecule has 0 amide bonds. The molecule has 12 heteroatoms. The summed E-state index contributed by atoms with van der Waals surface area (Å²) in [5.74, 6) is -0.768. The Labute approximate surface area is 245 Å². The van der Waals surface area contributed by atoms with Crippen LogP contribution in [-0.4, -0.2) is 42.3 Å². The first-order valence-electron chi connectivity index (χ1n) is 13.8. The smallest absolute Gasteiger partial charge is 0.417 e. The second-order valence-electron chi connectivity index (χ2n) is 10.1. The minimum absolute atomic E-state index is 0.00207. The monoisotopic (exact) mass is 592 g/mol. The van der Waals surface area contributed by atoms with E-state index < -0.39 is 29.6 Å². The number of hydrogen-bond donors (Lipinski definition) is 0. The van der Waals surface area contributed by atoms with Crippen LogP contribution in [0.25, 0.3) is 34.2 Å². The van der Waals surface area contributed by atoms with E-state index in [1.165, 1.54) is 41.4 Å². The summed E-state index contributed by atoms with van der Waals surface area (Å²) in [5, 5.41) is 8.21. The Kier molecular flexibility index (Phi) is 8.74. The number of hydrogen-bond acceptors (Lipinski definition) is 7. The number of aromatic nitrogens is 6. The van der Waals surface area contributed by atoms with Crippen molar-refractivity contribution in [1.82, 2.24) is 29.7 Å². The van der Waals surface area contributed by atoms with Crippen LogP contribution in [0.5, 0.6) is 0 Å². The molecule has 3 aromatic rings. The van der Waals surface area contributed by atoms with Crippen LogP contribution < -0.4 is 0 Å². The van der Waals surface area contributed by atoms with Gasteiger partial charge < -0.3 is 9.30 Å². The zero-order valence-corrected chi connectivity index (χ0v) is 23.5. The molecule has 0 radical (unpaired) electrons. The zero-order valence-electron chi connectivity index (χ0n) is 23.5. The number of carbonyl (C=O) groups is 1. The lowest BCUT2D eigenvalue weighted by molar-refractivity contribution is -0.146. The first-order chi connectivity index (χ1) is 20.7. The number of aryl methyl sites for hydroxylation is 1. The van der Waals surface area contributed by atoms with Gasteiger partial charge in [0.1, 0.15) is 11.5 Å². The summed E-state index contributed by atoms with van der Waals surface area (Å²) >= 11 is 0. The van der Waals surface area contributed by atoms with Gasteiger partial charge in [0.2, 0.25) is 0 Å². The molecule has 0 aliphatic carbocycles. The second kappa shape index (κ2) is 12.6. The van der Waals surface area contributed by atoms with Crippen molar-refractivity contribution in [3.8, 4) is 34.2 Å². The molecule has 0 spiro atoms. The van der Waals surface area contributed by atoms with Crippen molar-refractivity contribution in [3.63, 3.8) is 0 Å². The van der Waals surface area contributed by atoms with Crippen LogP contribution in [0.15, 0.2) is 67.1 Å². The van der Waals surface area contributed by atoms with Gasteiger partial charge in [-0.2, -0.15) is 23.4 Å². The van der Waals surface area contributed by atoms with Gasteiger partial charge >= 0.3 is 12.1 Å². The highest BCUT2D eigenvalue weighted by atomic mass is 19.4. The maximum atomic E-state index is 14.4. The van der Waals surface area contributed by atoms with E-state index in [0.29, 0.717) is 17.7 Å². The molecule has 0 N–H and O–H groups in total. The lowest BCUT2D eigenvalue weighted by atomic mass is 10.0. The van der Waals surface area contributed by atoms with Crippen molar-refractivity contribution in [2.75, 3.05) is 6.61 Å². The van der Waals surface area contributed by atoms with Gasteiger partial charge in [0.05, 0.1) is 35.4 Å².